The Morgan fingerprint density at radius 2 is 1.67 bits per heavy atom. The van der Waals surface area contributed by atoms with Gasteiger partial charge in [0.05, 0.1) is 12.6 Å². The van der Waals surface area contributed by atoms with Gasteiger partial charge < -0.3 is 10.4 Å². The van der Waals surface area contributed by atoms with Crippen molar-refractivity contribution in [3.8, 4) is 0 Å². The number of halogens is 2. The molecule has 0 aliphatic heterocycles. The first-order valence-corrected chi connectivity index (χ1v) is 5.95. The first-order valence-electron chi connectivity index (χ1n) is 5.57. The van der Waals surface area contributed by atoms with E-state index in [1.54, 1.807) is 24.3 Å². The van der Waals surface area contributed by atoms with Crippen molar-refractivity contribution in [2.24, 2.45) is 0 Å². The average molecular weight is 266 g/mol. The quantitative estimate of drug-likeness (QED) is 0.885. The normalized spacial score (nSPS) is 12.2. The smallest absolute Gasteiger partial charge is 0.123 e. The molecule has 0 radical (unpaired) electrons. The van der Waals surface area contributed by atoms with Crippen LogP contribution in [0.2, 0.25) is 5.02 Å². The van der Waals surface area contributed by atoms with Crippen molar-refractivity contribution >= 4 is 17.3 Å². The van der Waals surface area contributed by atoms with Crippen molar-refractivity contribution in [1.29, 1.82) is 0 Å². The molecule has 2 N–H and O–H groups in total. The standard InChI is InChI=1S/C14H13ClFNO/c15-11-3-7-13(8-4-11)17-14(9-18)10-1-5-12(16)6-2-10/h1-8,14,17-18H,9H2. The number of nitrogens with one attached hydrogen (secondary N) is 1. The summed E-state index contributed by atoms with van der Waals surface area (Å²) in [6, 6.07) is 13.0. The van der Waals surface area contributed by atoms with E-state index in [4.69, 9.17) is 11.6 Å². The van der Waals surface area contributed by atoms with Crippen LogP contribution in [-0.2, 0) is 0 Å². The monoisotopic (exact) mass is 265 g/mol. The zero-order chi connectivity index (χ0) is 13.0. The third-order valence-corrected chi connectivity index (χ3v) is 2.89. The maximum atomic E-state index is 12.8. The van der Waals surface area contributed by atoms with Crippen LogP contribution in [0.25, 0.3) is 0 Å². The van der Waals surface area contributed by atoms with Gasteiger partial charge in [0, 0.05) is 10.7 Å². The lowest BCUT2D eigenvalue weighted by Gasteiger charge is -2.18. The summed E-state index contributed by atoms with van der Waals surface area (Å²) in [5.41, 5.74) is 1.68. The molecule has 2 rings (SSSR count). The Labute approximate surface area is 110 Å². The van der Waals surface area contributed by atoms with Gasteiger partial charge in [0.1, 0.15) is 5.82 Å². The Morgan fingerprint density at radius 3 is 2.22 bits per heavy atom. The van der Waals surface area contributed by atoms with Gasteiger partial charge in [-0.2, -0.15) is 0 Å². The molecule has 18 heavy (non-hydrogen) atoms. The van der Waals surface area contributed by atoms with Crippen LogP contribution >= 0.6 is 11.6 Å². The largest absolute Gasteiger partial charge is 0.394 e. The molecule has 0 fully saturated rings. The Kier molecular flexibility index (Phi) is 4.18. The predicted molar refractivity (Wildman–Crippen MR) is 71.3 cm³/mol. The van der Waals surface area contributed by atoms with E-state index in [2.05, 4.69) is 5.32 Å². The summed E-state index contributed by atoms with van der Waals surface area (Å²) in [7, 11) is 0. The molecule has 94 valence electrons. The zero-order valence-corrected chi connectivity index (χ0v) is 10.4. The molecule has 1 unspecified atom stereocenters. The SMILES string of the molecule is OCC(Nc1ccc(Cl)cc1)c1ccc(F)cc1. The second-order valence-electron chi connectivity index (χ2n) is 3.94. The fourth-order valence-electron chi connectivity index (χ4n) is 1.68. The van der Waals surface area contributed by atoms with Crippen molar-refractivity contribution in [3.63, 3.8) is 0 Å². The molecule has 0 aliphatic rings. The Balaban J connectivity index is 2.14. The minimum Gasteiger partial charge on any atom is -0.394 e. The second kappa shape index (κ2) is 5.85. The topological polar surface area (TPSA) is 32.3 Å². The van der Waals surface area contributed by atoms with Gasteiger partial charge in [-0.05, 0) is 42.0 Å². The molecule has 0 aromatic heterocycles. The molecule has 0 amide bonds. The van der Waals surface area contributed by atoms with E-state index in [-0.39, 0.29) is 18.5 Å². The number of anilines is 1. The van der Waals surface area contributed by atoms with E-state index in [0.29, 0.717) is 5.02 Å². The van der Waals surface area contributed by atoms with Crippen LogP contribution in [-0.4, -0.2) is 11.7 Å². The van der Waals surface area contributed by atoms with E-state index in [9.17, 15) is 9.50 Å². The lowest BCUT2D eigenvalue weighted by molar-refractivity contribution is 0.276. The van der Waals surface area contributed by atoms with Gasteiger partial charge in [0.15, 0.2) is 0 Å². The van der Waals surface area contributed by atoms with E-state index in [1.165, 1.54) is 12.1 Å². The molecule has 2 nitrogen and oxygen atoms in total. The summed E-state index contributed by atoms with van der Waals surface area (Å²) in [6.45, 7) is -0.0751. The van der Waals surface area contributed by atoms with Crippen molar-refractivity contribution in [2.45, 2.75) is 6.04 Å². The molecule has 0 saturated heterocycles. The summed E-state index contributed by atoms with van der Waals surface area (Å²) < 4.78 is 12.8. The summed E-state index contributed by atoms with van der Waals surface area (Å²) in [4.78, 5) is 0. The summed E-state index contributed by atoms with van der Waals surface area (Å²) >= 11 is 5.80. The van der Waals surface area contributed by atoms with Crippen molar-refractivity contribution < 1.29 is 9.50 Å². The molecule has 1 atom stereocenters. The fourth-order valence-corrected chi connectivity index (χ4v) is 1.80. The van der Waals surface area contributed by atoms with Gasteiger partial charge >= 0.3 is 0 Å². The highest BCUT2D eigenvalue weighted by Gasteiger charge is 2.10. The van der Waals surface area contributed by atoms with Crippen LogP contribution in [0.15, 0.2) is 48.5 Å². The minimum absolute atomic E-state index is 0.0751. The third kappa shape index (κ3) is 3.22. The summed E-state index contributed by atoms with van der Waals surface area (Å²) in [6.07, 6.45) is 0. The Morgan fingerprint density at radius 1 is 1.06 bits per heavy atom. The molecule has 2 aromatic rings. The van der Waals surface area contributed by atoms with Crippen LogP contribution in [0.4, 0.5) is 10.1 Å². The fraction of sp³-hybridized carbons (Fsp3) is 0.143. The van der Waals surface area contributed by atoms with E-state index in [0.717, 1.165) is 11.3 Å². The first-order chi connectivity index (χ1) is 8.69. The Hall–Kier alpha value is -1.58. The minimum atomic E-state index is -0.290. The van der Waals surface area contributed by atoms with Gasteiger partial charge in [-0.3, -0.25) is 0 Å². The predicted octanol–water partition coefficient (Wildman–Crippen LogP) is 3.62. The Bertz CT molecular complexity index is 498. The number of rotatable bonds is 4. The molecular formula is C14H13ClFNO. The van der Waals surface area contributed by atoms with Crippen LogP contribution in [0.5, 0.6) is 0 Å². The second-order valence-corrected chi connectivity index (χ2v) is 4.37. The number of benzene rings is 2. The maximum Gasteiger partial charge on any atom is 0.123 e. The van der Waals surface area contributed by atoms with Crippen LogP contribution in [0.1, 0.15) is 11.6 Å². The van der Waals surface area contributed by atoms with E-state index < -0.39 is 0 Å². The third-order valence-electron chi connectivity index (χ3n) is 2.64. The first kappa shape index (κ1) is 12.9. The van der Waals surface area contributed by atoms with E-state index in [1.807, 2.05) is 12.1 Å². The summed E-state index contributed by atoms with van der Waals surface area (Å²) in [5.74, 6) is -0.290. The van der Waals surface area contributed by atoms with Crippen LogP contribution < -0.4 is 5.32 Å². The molecule has 4 heteroatoms. The maximum absolute atomic E-state index is 12.8. The highest BCUT2D eigenvalue weighted by atomic mass is 35.5. The van der Waals surface area contributed by atoms with Gasteiger partial charge in [-0.15, -0.1) is 0 Å². The number of hydrogen-bond donors (Lipinski definition) is 2. The van der Waals surface area contributed by atoms with Crippen molar-refractivity contribution in [1.82, 2.24) is 0 Å². The average Bonchev–Trinajstić information content (AvgIpc) is 2.39. The molecule has 2 aromatic carbocycles. The number of aliphatic hydroxyl groups is 1. The summed E-state index contributed by atoms with van der Waals surface area (Å²) in [5, 5.41) is 13.2. The lowest BCUT2D eigenvalue weighted by Crippen LogP contribution is -2.14. The molecular weight excluding hydrogens is 253 g/mol. The molecule has 0 heterocycles. The molecule has 0 aliphatic carbocycles. The lowest BCUT2D eigenvalue weighted by atomic mass is 10.1. The van der Waals surface area contributed by atoms with Gasteiger partial charge in [0.2, 0.25) is 0 Å². The van der Waals surface area contributed by atoms with E-state index >= 15 is 0 Å². The van der Waals surface area contributed by atoms with Crippen molar-refractivity contribution in [3.05, 3.63) is 64.9 Å². The molecule has 0 bridgehead atoms. The highest BCUT2D eigenvalue weighted by Crippen LogP contribution is 2.21. The van der Waals surface area contributed by atoms with Gasteiger partial charge in [-0.25, -0.2) is 4.39 Å². The van der Waals surface area contributed by atoms with Crippen molar-refractivity contribution in [2.75, 3.05) is 11.9 Å². The van der Waals surface area contributed by atoms with Gasteiger partial charge in [-0.1, -0.05) is 23.7 Å². The van der Waals surface area contributed by atoms with Crippen LogP contribution in [0.3, 0.4) is 0 Å². The molecule has 0 saturated carbocycles. The van der Waals surface area contributed by atoms with Gasteiger partial charge in [0.25, 0.3) is 0 Å². The number of aliphatic hydroxyl groups excluding tert-OH is 1. The molecule has 0 spiro atoms. The highest BCUT2D eigenvalue weighted by molar-refractivity contribution is 6.30. The number of hydrogen-bond acceptors (Lipinski definition) is 2. The zero-order valence-electron chi connectivity index (χ0n) is 9.61. The van der Waals surface area contributed by atoms with Crippen LogP contribution in [0, 0.1) is 5.82 Å².